The van der Waals surface area contributed by atoms with Crippen molar-refractivity contribution in [2.45, 2.75) is 6.42 Å². The Kier molecular flexibility index (Phi) is 4.19. The average molecular weight is 213 g/mol. The third-order valence-corrected chi connectivity index (χ3v) is 1.76. The van der Waals surface area contributed by atoms with Crippen LogP contribution < -0.4 is 5.32 Å². The molecule has 0 aliphatic carbocycles. The fraction of sp³-hybridized carbons (Fsp3) is 0.273. The molecule has 4 heteroatoms. The molecule has 0 spiro atoms. The number of halogens is 3. The summed E-state index contributed by atoms with van der Waals surface area (Å²) in [6.07, 6.45) is 0.450. The molecule has 0 unspecified atom stereocenters. The lowest BCUT2D eigenvalue weighted by molar-refractivity contribution is 0.491. The molecule has 0 aliphatic rings. The number of nitrogens with one attached hydrogen (secondary N) is 1. The van der Waals surface area contributed by atoms with Gasteiger partial charge < -0.3 is 5.32 Å². The predicted octanol–water partition coefficient (Wildman–Crippen LogP) is 2.06. The molecule has 0 aromatic heterocycles. The van der Waals surface area contributed by atoms with E-state index in [-0.39, 0.29) is 0 Å². The monoisotopic (exact) mass is 213 g/mol. The lowest BCUT2D eigenvalue weighted by Crippen LogP contribution is -2.06. The molecule has 0 amide bonds. The summed E-state index contributed by atoms with van der Waals surface area (Å²) < 4.78 is 38.8. The number of rotatable bonds is 2. The van der Waals surface area contributed by atoms with Gasteiger partial charge in [0.05, 0.1) is 5.56 Å². The molecule has 80 valence electrons. The summed E-state index contributed by atoms with van der Waals surface area (Å²) in [5.74, 6) is 1.67. The Morgan fingerprint density at radius 2 is 1.87 bits per heavy atom. The van der Waals surface area contributed by atoms with Crippen LogP contribution in [0.1, 0.15) is 12.0 Å². The minimum absolute atomic E-state index is 0.450. The van der Waals surface area contributed by atoms with Crippen LogP contribution in [0, 0.1) is 29.3 Å². The van der Waals surface area contributed by atoms with E-state index in [1.807, 2.05) is 0 Å². The summed E-state index contributed by atoms with van der Waals surface area (Å²) in [7, 11) is 1.74. The second-order valence-corrected chi connectivity index (χ2v) is 2.87. The molecular weight excluding hydrogens is 203 g/mol. The van der Waals surface area contributed by atoms with Gasteiger partial charge in [-0.15, -0.1) is 0 Å². The molecule has 0 aliphatic heterocycles. The Morgan fingerprint density at radius 1 is 1.20 bits per heavy atom. The van der Waals surface area contributed by atoms with Gasteiger partial charge >= 0.3 is 0 Å². The largest absolute Gasteiger partial charge is 0.319 e. The summed E-state index contributed by atoms with van der Waals surface area (Å²) in [4.78, 5) is 0. The number of benzene rings is 1. The quantitative estimate of drug-likeness (QED) is 0.450. The van der Waals surface area contributed by atoms with Gasteiger partial charge in [-0.2, -0.15) is 0 Å². The van der Waals surface area contributed by atoms with E-state index < -0.39 is 23.0 Å². The van der Waals surface area contributed by atoms with Gasteiger partial charge in [0, 0.05) is 13.0 Å². The van der Waals surface area contributed by atoms with Crippen LogP contribution in [-0.4, -0.2) is 13.6 Å². The fourth-order valence-electron chi connectivity index (χ4n) is 0.980. The van der Waals surface area contributed by atoms with E-state index in [2.05, 4.69) is 17.2 Å². The standard InChI is InChI=1S/C11H10F3N/c1-15-7-3-2-4-8-9(12)5-6-10(13)11(8)14/h5-6,15H,3,7H2,1H3. The first-order chi connectivity index (χ1) is 7.16. The minimum Gasteiger partial charge on any atom is -0.319 e. The molecule has 0 saturated heterocycles. The smallest absolute Gasteiger partial charge is 0.177 e. The van der Waals surface area contributed by atoms with Gasteiger partial charge in [0.25, 0.3) is 0 Å². The number of hydrogen-bond donors (Lipinski definition) is 1. The predicted molar refractivity (Wildman–Crippen MR) is 51.7 cm³/mol. The van der Waals surface area contributed by atoms with E-state index in [9.17, 15) is 13.2 Å². The van der Waals surface area contributed by atoms with Crippen LogP contribution in [0.3, 0.4) is 0 Å². The second kappa shape index (κ2) is 5.42. The van der Waals surface area contributed by atoms with E-state index in [1.165, 1.54) is 0 Å². The van der Waals surface area contributed by atoms with Crippen LogP contribution in [0.15, 0.2) is 12.1 Å². The Balaban J connectivity index is 2.92. The maximum Gasteiger partial charge on any atom is 0.177 e. The summed E-state index contributed by atoms with van der Waals surface area (Å²) in [5, 5.41) is 2.83. The van der Waals surface area contributed by atoms with Gasteiger partial charge in [0.15, 0.2) is 11.6 Å². The van der Waals surface area contributed by atoms with E-state index in [0.29, 0.717) is 13.0 Å². The SMILES string of the molecule is CNCCC#Cc1c(F)ccc(F)c1F. The summed E-state index contributed by atoms with van der Waals surface area (Å²) in [6, 6.07) is 1.60. The normalized spacial score (nSPS) is 9.60. The van der Waals surface area contributed by atoms with Crippen LogP contribution in [0.4, 0.5) is 13.2 Å². The summed E-state index contributed by atoms with van der Waals surface area (Å²) >= 11 is 0. The highest BCUT2D eigenvalue weighted by Gasteiger charge is 2.10. The van der Waals surface area contributed by atoms with Crippen molar-refractivity contribution >= 4 is 0 Å². The second-order valence-electron chi connectivity index (χ2n) is 2.87. The summed E-state index contributed by atoms with van der Waals surface area (Å²) in [5.41, 5.74) is -0.508. The van der Waals surface area contributed by atoms with Crippen LogP contribution in [0.5, 0.6) is 0 Å². The van der Waals surface area contributed by atoms with Crippen molar-refractivity contribution in [2.75, 3.05) is 13.6 Å². The van der Waals surface area contributed by atoms with Crippen LogP contribution >= 0.6 is 0 Å². The fourth-order valence-corrected chi connectivity index (χ4v) is 0.980. The van der Waals surface area contributed by atoms with Crippen LogP contribution in [0.25, 0.3) is 0 Å². The van der Waals surface area contributed by atoms with Gasteiger partial charge in [-0.25, -0.2) is 13.2 Å². The number of hydrogen-bond acceptors (Lipinski definition) is 1. The molecule has 1 aromatic rings. The molecule has 0 heterocycles. The molecule has 0 radical (unpaired) electrons. The van der Waals surface area contributed by atoms with Gasteiger partial charge in [0.2, 0.25) is 0 Å². The first-order valence-electron chi connectivity index (χ1n) is 4.43. The minimum atomic E-state index is -1.23. The Hall–Kier alpha value is -1.47. The molecule has 1 N–H and O–H groups in total. The topological polar surface area (TPSA) is 12.0 Å². The zero-order valence-electron chi connectivity index (χ0n) is 8.20. The van der Waals surface area contributed by atoms with E-state index in [4.69, 9.17) is 0 Å². The third-order valence-electron chi connectivity index (χ3n) is 1.76. The van der Waals surface area contributed by atoms with Crippen molar-refractivity contribution in [3.63, 3.8) is 0 Å². The maximum absolute atomic E-state index is 13.0. The molecule has 1 nitrogen and oxygen atoms in total. The van der Waals surface area contributed by atoms with E-state index >= 15 is 0 Å². The molecule has 1 aromatic carbocycles. The van der Waals surface area contributed by atoms with E-state index in [0.717, 1.165) is 12.1 Å². The van der Waals surface area contributed by atoms with Crippen molar-refractivity contribution in [3.05, 3.63) is 35.1 Å². The maximum atomic E-state index is 13.0. The van der Waals surface area contributed by atoms with Crippen molar-refractivity contribution in [1.29, 1.82) is 0 Å². The van der Waals surface area contributed by atoms with Crippen molar-refractivity contribution in [1.82, 2.24) is 5.32 Å². The van der Waals surface area contributed by atoms with Gasteiger partial charge in [-0.1, -0.05) is 11.8 Å². The van der Waals surface area contributed by atoms with Gasteiger partial charge in [-0.05, 0) is 19.2 Å². The first-order valence-corrected chi connectivity index (χ1v) is 4.43. The molecule has 1 rings (SSSR count). The zero-order chi connectivity index (χ0) is 11.3. The van der Waals surface area contributed by atoms with Crippen molar-refractivity contribution < 1.29 is 13.2 Å². The highest BCUT2D eigenvalue weighted by Crippen LogP contribution is 2.14. The highest BCUT2D eigenvalue weighted by molar-refractivity contribution is 5.37. The lowest BCUT2D eigenvalue weighted by atomic mass is 10.2. The van der Waals surface area contributed by atoms with E-state index in [1.54, 1.807) is 7.05 Å². The molecule has 0 bridgehead atoms. The van der Waals surface area contributed by atoms with Crippen molar-refractivity contribution in [2.24, 2.45) is 0 Å². The van der Waals surface area contributed by atoms with Gasteiger partial charge in [0.1, 0.15) is 5.82 Å². The Labute approximate surface area is 86.3 Å². The Bertz CT molecular complexity index is 404. The van der Waals surface area contributed by atoms with Crippen LogP contribution in [0.2, 0.25) is 0 Å². The molecule has 0 fully saturated rings. The molecule has 0 saturated carbocycles. The van der Waals surface area contributed by atoms with Gasteiger partial charge in [-0.3, -0.25) is 0 Å². The zero-order valence-corrected chi connectivity index (χ0v) is 8.20. The van der Waals surface area contributed by atoms with Crippen molar-refractivity contribution in [3.8, 4) is 11.8 Å². The average Bonchev–Trinajstić information content (AvgIpc) is 2.23. The third kappa shape index (κ3) is 3.00. The highest BCUT2D eigenvalue weighted by atomic mass is 19.2. The van der Waals surface area contributed by atoms with Crippen LogP contribution in [-0.2, 0) is 0 Å². The first kappa shape index (κ1) is 11.6. The molecule has 0 atom stereocenters. The molecule has 15 heavy (non-hydrogen) atoms. The summed E-state index contributed by atoms with van der Waals surface area (Å²) in [6.45, 7) is 0.617. The Morgan fingerprint density at radius 3 is 2.53 bits per heavy atom. The lowest BCUT2D eigenvalue weighted by Gasteiger charge is -1.97. The molecular formula is C11H10F3N.